The van der Waals surface area contributed by atoms with Crippen LogP contribution in [0.3, 0.4) is 0 Å². The lowest BCUT2D eigenvalue weighted by molar-refractivity contribution is -0.143. The summed E-state index contributed by atoms with van der Waals surface area (Å²) in [5.74, 6) is -0.0276. The number of rotatable bonds is 56. The van der Waals surface area contributed by atoms with Crippen LogP contribution in [0.15, 0.2) is 0 Å². The van der Waals surface area contributed by atoms with Crippen molar-refractivity contribution in [2.45, 2.75) is 353 Å². The average molecular weight is 921 g/mol. The van der Waals surface area contributed by atoms with Gasteiger partial charge in [-0.15, -0.1) is 0 Å². The predicted molar refractivity (Wildman–Crippen MR) is 283 cm³/mol. The minimum atomic E-state index is -0.665. The lowest BCUT2D eigenvalue weighted by Crippen LogP contribution is -2.45. The smallest absolute Gasteiger partial charge is 0.305 e. The predicted octanol–water partition coefficient (Wildman–Crippen LogP) is 18.3. The molecule has 0 fully saturated rings. The molecule has 0 radical (unpaired) electrons. The lowest BCUT2D eigenvalue weighted by Gasteiger charge is -2.22. The van der Waals surface area contributed by atoms with Gasteiger partial charge in [-0.05, 0) is 25.7 Å². The van der Waals surface area contributed by atoms with Gasteiger partial charge in [-0.2, -0.15) is 0 Å². The van der Waals surface area contributed by atoms with Crippen molar-refractivity contribution in [2.24, 2.45) is 0 Å². The van der Waals surface area contributed by atoms with Gasteiger partial charge in [-0.1, -0.05) is 303 Å². The van der Waals surface area contributed by atoms with Crippen molar-refractivity contribution in [1.82, 2.24) is 5.32 Å². The zero-order valence-corrected chi connectivity index (χ0v) is 44.3. The molecule has 2 unspecified atom stereocenters. The maximum Gasteiger partial charge on any atom is 0.305 e. The number of hydrogen-bond donors (Lipinski definition) is 3. The molecule has 1 amide bonds. The molecule has 0 aromatic rings. The number of amides is 1. The lowest BCUT2D eigenvalue weighted by atomic mass is 10.0. The van der Waals surface area contributed by atoms with Crippen LogP contribution < -0.4 is 5.32 Å². The zero-order chi connectivity index (χ0) is 47.2. The third kappa shape index (κ3) is 52.1. The molecule has 0 spiro atoms. The van der Waals surface area contributed by atoms with E-state index in [9.17, 15) is 19.8 Å². The van der Waals surface area contributed by atoms with Gasteiger partial charge in [0.1, 0.15) is 0 Å². The van der Waals surface area contributed by atoms with E-state index < -0.39 is 12.1 Å². The van der Waals surface area contributed by atoms with Crippen molar-refractivity contribution in [3.63, 3.8) is 0 Å². The molecule has 388 valence electrons. The second-order valence-corrected chi connectivity index (χ2v) is 20.7. The summed E-state index contributed by atoms with van der Waals surface area (Å²) in [6, 6.07) is -0.543. The van der Waals surface area contributed by atoms with Crippen LogP contribution in [0.1, 0.15) is 341 Å². The van der Waals surface area contributed by atoms with E-state index in [0.717, 1.165) is 38.5 Å². The molecule has 0 saturated heterocycles. The molecule has 0 aromatic heterocycles. The number of ether oxygens (including phenoxy) is 1. The van der Waals surface area contributed by atoms with E-state index in [2.05, 4.69) is 19.2 Å². The first-order valence-electron chi connectivity index (χ1n) is 29.8. The Kier molecular flexibility index (Phi) is 54.5. The van der Waals surface area contributed by atoms with Crippen molar-refractivity contribution >= 4 is 11.9 Å². The van der Waals surface area contributed by atoms with Crippen LogP contribution >= 0.6 is 0 Å². The van der Waals surface area contributed by atoms with Gasteiger partial charge in [0, 0.05) is 12.8 Å². The van der Waals surface area contributed by atoms with Gasteiger partial charge in [0.05, 0.1) is 25.4 Å². The second kappa shape index (κ2) is 55.5. The molecule has 0 saturated carbocycles. The van der Waals surface area contributed by atoms with Crippen LogP contribution in [0.4, 0.5) is 0 Å². The molecule has 0 aliphatic rings. The van der Waals surface area contributed by atoms with E-state index in [-0.39, 0.29) is 18.5 Å². The first kappa shape index (κ1) is 63.9. The van der Waals surface area contributed by atoms with Gasteiger partial charge >= 0.3 is 5.97 Å². The van der Waals surface area contributed by atoms with Crippen molar-refractivity contribution < 1.29 is 24.5 Å². The average Bonchev–Trinajstić information content (AvgIpc) is 3.31. The van der Waals surface area contributed by atoms with Crippen molar-refractivity contribution in [2.75, 3.05) is 13.2 Å². The molecule has 3 N–H and O–H groups in total. The zero-order valence-electron chi connectivity index (χ0n) is 44.3. The van der Waals surface area contributed by atoms with E-state index in [1.165, 1.54) is 270 Å². The van der Waals surface area contributed by atoms with Crippen molar-refractivity contribution in [1.29, 1.82) is 0 Å². The highest BCUT2D eigenvalue weighted by molar-refractivity contribution is 5.76. The molecule has 0 rings (SSSR count). The number of hydrogen-bond acceptors (Lipinski definition) is 5. The third-order valence-corrected chi connectivity index (χ3v) is 14.2. The van der Waals surface area contributed by atoms with Crippen LogP contribution in [0.2, 0.25) is 0 Å². The molecule has 0 heterocycles. The first-order chi connectivity index (χ1) is 32.0. The number of aliphatic hydroxyl groups is 2. The Labute approximate surface area is 406 Å². The molecule has 6 nitrogen and oxygen atoms in total. The van der Waals surface area contributed by atoms with E-state index in [0.29, 0.717) is 25.9 Å². The largest absolute Gasteiger partial charge is 0.466 e. The highest BCUT2D eigenvalue weighted by Gasteiger charge is 2.20. The highest BCUT2D eigenvalue weighted by atomic mass is 16.5. The van der Waals surface area contributed by atoms with Gasteiger partial charge in [0.2, 0.25) is 5.91 Å². The Morgan fingerprint density at radius 2 is 0.631 bits per heavy atom. The Hall–Kier alpha value is -1.14. The number of esters is 1. The van der Waals surface area contributed by atoms with Crippen LogP contribution in [0.5, 0.6) is 0 Å². The molecule has 6 heteroatoms. The first-order valence-corrected chi connectivity index (χ1v) is 29.8. The molecular weight excluding hydrogens is 803 g/mol. The van der Waals surface area contributed by atoms with Crippen molar-refractivity contribution in [3.05, 3.63) is 0 Å². The van der Waals surface area contributed by atoms with Crippen LogP contribution in [0, 0.1) is 0 Å². The molecular formula is C59H117NO5. The Morgan fingerprint density at radius 1 is 0.369 bits per heavy atom. The quantitative estimate of drug-likeness (QED) is 0.0417. The Balaban J connectivity index is 3.36. The molecule has 65 heavy (non-hydrogen) atoms. The Morgan fingerprint density at radius 3 is 0.938 bits per heavy atom. The molecule has 0 aromatic carbocycles. The topological polar surface area (TPSA) is 95.9 Å². The SMILES string of the molecule is CCCCCCCCCCCCCCCCCCCCCC(=O)OCCCCCCCCCCCCCCCCCCCC(=O)NC(CO)C(O)CCCCCCCCCCCCCC. The van der Waals surface area contributed by atoms with Gasteiger partial charge in [-0.3, -0.25) is 9.59 Å². The van der Waals surface area contributed by atoms with Crippen LogP contribution in [-0.4, -0.2) is 47.4 Å². The molecule has 0 aliphatic heterocycles. The molecule has 0 bridgehead atoms. The fourth-order valence-electron chi connectivity index (χ4n) is 9.58. The minimum Gasteiger partial charge on any atom is -0.466 e. The number of nitrogens with one attached hydrogen (secondary N) is 1. The van der Waals surface area contributed by atoms with Gasteiger partial charge < -0.3 is 20.3 Å². The highest BCUT2D eigenvalue weighted by Crippen LogP contribution is 2.18. The third-order valence-electron chi connectivity index (χ3n) is 14.2. The van der Waals surface area contributed by atoms with E-state index in [4.69, 9.17) is 4.74 Å². The van der Waals surface area contributed by atoms with E-state index in [1.54, 1.807) is 0 Å². The number of carbonyl (C=O) groups excluding carboxylic acids is 2. The molecule has 2 atom stereocenters. The summed E-state index contributed by atoms with van der Waals surface area (Å²) in [4.78, 5) is 24.5. The van der Waals surface area contributed by atoms with Crippen LogP contribution in [-0.2, 0) is 14.3 Å². The summed E-state index contributed by atoms with van der Waals surface area (Å²) in [5, 5.41) is 23.2. The Bertz CT molecular complexity index is 928. The fourth-order valence-corrected chi connectivity index (χ4v) is 9.58. The fraction of sp³-hybridized carbons (Fsp3) is 0.966. The monoisotopic (exact) mass is 920 g/mol. The normalized spacial score (nSPS) is 12.5. The second-order valence-electron chi connectivity index (χ2n) is 20.7. The number of carbonyl (C=O) groups is 2. The summed E-state index contributed by atoms with van der Waals surface area (Å²) < 4.78 is 5.50. The summed E-state index contributed by atoms with van der Waals surface area (Å²) in [7, 11) is 0. The number of unbranched alkanes of at least 4 members (excludes halogenated alkanes) is 45. The van der Waals surface area contributed by atoms with Gasteiger partial charge in [0.25, 0.3) is 0 Å². The standard InChI is InChI=1S/C59H117NO5/c1-3-5-7-9-11-13-15-17-18-19-20-23-26-29-33-37-41-45-49-53-59(64)65-54-50-46-42-38-34-30-27-24-21-22-25-28-32-36-40-44-48-52-58(63)60-56(55-61)57(62)51-47-43-39-35-31-16-14-12-10-8-6-4-2/h56-57,61-62H,3-55H2,1-2H3,(H,60,63). The van der Waals surface area contributed by atoms with Crippen molar-refractivity contribution in [3.8, 4) is 0 Å². The van der Waals surface area contributed by atoms with E-state index >= 15 is 0 Å². The molecule has 0 aliphatic carbocycles. The summed E-state index contributed by atoms with van der Waals surface area (Å²) in [6.07, 6.45) is 63.9. The summed E-state index contributed by atoms with van der Waals surface area (Å²) in [5.41, 5.74) is 0. The summed E-state index contributed by atoms with van der Waals surface area (Å²) >= 11 is 0. The van der Waals surface area contributed by atoms with E-state index in [1.807, 2.05) is 0 Å². The minimum absolute atomic E-state index is 0.0110. The van der Waals surface area contributed by atoms with Crippen LogP contribution in [0.25, 0.3) is 0 Å². The summed E-state index contributed by atoms with van der Waals surface area (Å²) in [6.45, 7) is 4.97. The van der Waals surface area contributed by atoms with Gasteiger partial charge in [0.15, 0.2) is 0 Å². The number of aliphatic hydroxyl groups excluding tert-OH is 2. The maximum atomic E-state index is 12.4. The maximum absolute atomic E-state index is 12.4. The van der Waals surface area contributed by atoms with Gasteiger partial charge in [-0.25, -0.2) is 0 Å².